The zero-order valence-corrected chi connectivity index (χ0v) is 13.0. The summed E-state index contributed by atoms with van der Waals surface area (Å²) in [7, 11) is 0. The van der Waals surface area contributed by atoms with E-state index in [1.807, 2.05) is 4.90 Å². The van der Waals surface area contributed by atoms with Gasteiger partial charge in [-0.3, -0.25) is 4.79 Å². The van der Waals surface area contributed by atoms with Gasteiger partial charge in [-0.15, -0.1) is 0 Å². The van der Waals surface area contributed by atoms with E-state index in [1.165, 1.54) is 0 Å². The Morgan fingerprint density at radius 1 is 1.17 bits per heavy atom. The van der Waals surface area contributed by atoms with Crippen LogP contribution in [0.25, 0.3) is 0 Å². The smallest absolute Gasteiger partial charge is 0.230 e. The molecule has 1 saturated heterocycles. The van der Waals surface area contributed by atoms with Crippen LogP contribution in [0, 0.1) is 16.7 Å². The average Bonchev–Trinajstić information content (AvgIpc) is 2.17. The molecule has 1 amide bonds. The van der Waals surface area contributed by atoms with Crippen LogP contribution in [0.15, 0.2) is 0 Å². The molecule has 0 N–H and O–H groups in total. The molecule has 1 aliphatic heterocycles. The quantitative estimate of drug-likeness (QED) is 0.758. The summed E-state index contributed by atoms with van der Waals surface area (Å²) in [6.45, 7) is 16.2. The first-order chi connectivity index (χ1) is 8.09. The van der Waals surface area contributed by atoms with Gasteiger partial charge in [0.05, 0.1) is 12.0 Å². The van der Waals surface area contributed by atoms with Crippen LogP contribution in [0.2, 0.25) is 0 Å². The Kier molecular flexibility index (Phi) is 4.47. The van der Waals surface area contributed by atoms with Gasteiger partial charge in [-0.2, -0.15) is 0 Å². The van der Waals surface area contributed by atoms with Crippen molar-refractivity contribution < 1.29 is 9.53 Å². The highest BCUT2D eigenvalue weighted by Crippen LogP contribution is 2.41. The minimum absolute atomic E-state index is 0.00175. The normalized spacial score (nSPS) is 26.6. The predicted molar refractivity (Wildman–Crippen MR) is 74.1 cm³/mol. The van der Waals surface area contributed by atoms with Crippen molar-refractivity contribution in [3.63, 3.8) is 0 Å². The van der Waals surface area contributed by atoms with Crippen LogP contribution < -0.4 is 0 Å². The van der Waals surface area contributed by atoms with Crippen molar-refractivity contribution in [2.24, 2.45) is 16.7 Å². The van der Waals surface area contributed by atoms with E-state index in [-0.39, 0.29) is 28.8 Å². The summed E-state index contributed by atoms with van der Waals surface area (Å²) in [5, 5.41) is 0. The van der Waals surface area contributed by atoms with Crippen LogP contribution in [0.1, 0.15) is 54.9 Å². The lowest BCUT2D eigenvalue weighted by Crippen LogP contribution is -2.57. The summed E-state index contributed by atoms with van der Waals surface area (Å²) >= 11 is 0. The van der Waals surface area contributed by atoms with E-state index < -0.39 is 0 Å². The van der Waals surface area contributed by atoms with Gasteiger partial charge < -0.3 is 9.64 Å². The summed E-state index contributed by atoms with van der Waals surface area (Å²) < 4.78 is 6.02. The van der Waals surface area contributed by atoms with E-state index in [0.717, 1.165) is 13.0 Å². The molecule has 1 heterocycles. The number of ether oxygens (including phenoxy) is 1. The Labute approximate surface area is 112 Å². The van der Waals surface area contributed by atoms with Crippen molar-refractivity contribution in [2.45, 2.75) is 61.0 Å². The molecule has 0 radical (unpaired) electrons. The summed E-state index contributed by atoms with van der Waals surface area (Å²) in [4.78, 5) is 14.5. The summed E-state index contributed by atoms with van der Waals surface area (Å²) in [6, 6.07) is 0. The van der Waals surface area contributed by atoms with E-state index in [4.69, 9.17) is 4.74 Å². The molecule has 0 aromatic carbocycles. The van der Waals surface area contributed by atoms with Crippen molar-refractivity contribution >= 4 is 5.91 Å². The van der Waals surface area contributed by atoms with Gasteiger partial charge in [0.15, 0.2) is 0 Å². The molecule has 106 valence electrons. The average molecular weight is 255 g/mol. The molecule has 0 spiro atoms. The fourth-order valence-corrected chi connectivity index (χ4v) is 2.68. The molecule has 2 atom stereocenters. The molecule has 0 aliphatic carbocycles. The molecule has 0 aromatic rings. The highest BCUT2D eigenvalue weighted by Gasteiger charge is 2.48. The summed E-state index contributed by atoms with van der Waals surface area (Å²) in [5.74, 6) is 0.202. The molecule has 0 aromatic heterocycles. The first-order valence-corrected chi connectivity index (χ1v) is 6.99. The Morgan fingerprint density at radius 2 is 1.72 bits per heavy atom. The molecule has 0 bridgehead atoms. The van der Waals surface area contributed by atoms with Crippen molar-refractivity contribution in [1.82, 2.24) is 4.90 Å². The van der Waals surface area contributed by atoms with Gasteiger partial charge in [0, 0.05) is 6.54 Å². The number of amides is 1. The van der Waals surface area contributed by atoms with Crippen LogP contribution in [0.3, 0.4) is 0 Å². The summed E-state index contributed by atoms with van der Waals surface area (Å²) in [5.41, 5.74) is -0.0760. The van der Waals surface area contributed by atoms with E-state index in [1.54, 1.807) is 0 Å². The zero-order chi connectivity index (χ0) is 14.1. The molecule has 18 heavy (non-hydrogen) atoms. The van der Waals surface area contributed by atoms with Crippen molar-refractivity contribution in [3.05, 3.63) is 0 Å². The molecule has 1 aliphatic rings. The topological polar surface area (TPSA) is 29.5 Å². The maximum absolute atomic E-state index is 12.7. The van der Waals surface area contributed by atoms with E-state index in [0.29, 0.717) is 6.73 Å². The third-order valence-corrected chi connectivity index (χ3v) is 3.57. The fourth-order valence-electron chi connectivity index (χ4n) is 2.68. The number of carbonyl (C=O) groups excluding carboxylic acids is 1. The third-order valence-electron chi connectivity index (χ3n) is 3.57. The third kappa shape index (κ3) is 3.25. The van der Waals surface area contributed by atoms with Crippen LogP contribution in [-0.2, 0) is 9.53 Å². The maximum atomic E-state index is 12.7. The lowest BCUT2D eigenvalue weighted by Gasteiger charge is -2.48. The molecular weight excluding hydrogens is 226 g/mol. The van der Waals surface area contributed by atoms with Gasteiger partial charge in [0.1, 0.15) is 6.73 Å². The molecule has 1 fully saturated rings. The molecule has 3 heteroatoms. The predicted octanol–water partition coefficient (Wildman–Crippen LogP) is 3.29. The second kappa shape index (κ2) is 5.20. The lowest BCUT2D eigenvalue weighted by molar-refractivity contribution is -0.189. The van der Waals surface area contributed by atoms with Gasteiger partial charge in [0.25, 0.3) is 0 Å². The Hall–Kier alpha value is -0.570. The van der Waals surface area contributed by atoms with Gasteiger partial charge in [-0.05, 0) is 17.3 Å². The Balaban J connectivity index is 3.01. The minimum atomic E-state index is -0.0680. The van der Waals surface area contributed by atoms with Crippen molar-refractivity contribution in [3.8, 4) is 0 Å². The monoisotopic (exact) mass is 255 g/mol. The van der Waals surface area contributed by atoms with Gasteiger partial charge in [-0.25, -0.2) is 0 Å². The van der Waals surface area contributed by atoms with Gasteiger partial charge >= 0.3 is 0 Å². The highest BCUT2D eigenvalue weighted by atomic mass is 16.5. The van der Waals surface area contributed by atoms with Crippen LogP contribution >= 0.6 is 0 Å². The van der Waals surface area contributed by atoms with Crippen molar-refractivity contribution in [1.29, 1.82) is 0 Å². The first-order valence-electron chi connectivity index (χ1n) is 6.99. The molecule has 0 saturated carbocycles. The lowest BCUT2D eigenvalue weighted by atomic mass is 9.68. The standard InChI is InChI=1S/C15H29NO2/c1-8-9-16-10-18-12(15(5,6)7)11(13(16)17)14(2,3)4/h11-12H,8-10H2,1-7H3. The van der Waals surface area contributed by atoms with Crippen LogP contribution in [0.5, 0.6) is 0 Å². The Bertz CT molecular complexity index is 299. The molecule has 2 unspecified atom stereocenters. The van der Waals surface area contributed by atoms with Crippen LogP contribution in [-0.4, -0.2) is 30.2 Å². The Morgan fingerprint density at radius 3 is 2.11 bits per heavy atom. The van der Waals surface area contributed by atoms with Gasteiger partial charge in [0.2, 0.25) is 5.91 Å². The molecule has 1 rings (SSSR count). The largest absolute Gasteiger partial charge is 0.356 e. The fraction of sp³-hybridized carbons (Fsp3) is 0.933. The second-order valence-corrected chi connectivity index (χ2v) is 7.53. The number of rotatable bonds is 2. The number of hydrogen-bond acceptors (Lipinski definition) is 2. The first kappa shape index (κ1) is 15.5. The number of hydrogen-bond donors (Lipinski definition) is 0. The highest BCUT2D eigenvalue weighted by molar-refractivity contribution is 5.80. The summed E-state index contributed by atoms with van der Waals surface area (Å²) in [6.07, 6.45) is 0.977. The second-order valence-electron chi connectivity index (χ2n) is 7.53. The maximum Gasteiger partial charge on any atom is 0.230 e. The van der Waals surface area contributed by atoms with E-state index >= 15 is 0 Å². The van der Waals surface area contributed by atoms with E-state index in [2.05, 4.69) is 48.5 Å². The van der Waals surface area contributed by atoms with Crippen molar-refractivity contribution in [2.75, 3.05) is 13.3 Å². The van der Waals surface area contributed by atoms with Crippen LogP contribution in [0.4, 0.5) is 0 Å². The number of nitrogens with zero attached hydrogens (tertiary/aromatic N) is 1. The van der Waals surface area contributed by atoms with E-state index in [9.17, 15) is 4.79 Å². The number of carbonyl (C=O) groups is 1. The SMILES string of the molecule is CCCN1COC(C(C)(C)C)C(C(C)(C)C)C1=O. The minimum Gasteiger partial charge on any atom is -0.356 e. The zero-order valence-electron chi connectivity index (χ0n) is 13.0. The molecular formula is C15H29NO2. The molecule has 3 nitrogen and oxygen atoms in total. The van der Waals surface area contributed by atoms with Gasteiger partial charge in [-0.1, -0.05) is 48.5 Å².